The van der Waals surface area contributed by atoms with Gasteiger partial charge in [-0.3, -0.25) is 4.79 Å². The van der Waals surface area contributed by atoms with Crippen molar-refractivity contribution in [1.82, 2.24) is 0 Å². The molecule has 0 bridgehead atoms. The highest BCUT2D eigenvalue weighted by Gasteiger charge is 2.70. The first kappa shape index (κ1) is 24.0. The third-order valence-electron chi connectivity index (χ3n) is 10.7. The summed E-state index contributed by atoms with van der Waals surface area (Å²) in [6, 6.07) is 0. The highest BCUT2D eigenvalue weighted by atomic mass is 16.6. The minimum Gasteiger partial charge on any atom is -0.456 e. The maximum absolute atomic E-state index is 13.1. The fourth-order valence-corrected chi connectivity index (χ4v) is 8.63. The lowest BCUT2D eigenvalue weighted by Gasteiger charge is -2.61. The molecule has 0 aromatic rings. The number of aliphatic hydroxyl groups excluding tert-OH is 1. The summed E-state index contributed by atoms with van der Waals surface area (Å²) in [4.78, 5) is 25.5. The lowest BCUT2D eigenvalue weighted by atomic mass is 9.44. The van der Waals surface area contributed by atoms with Gasteiger partial charge >= 0.3 is 5.97 Å². The first-order chi connectivity index (χ1) is 15.9. The Morgan fingerprint density at radius 2 is 1.91 bits per heavy atom. The van der Waals surface area contributed by atoms with Gasteiger partial charge in [0, 0.05) is 29.9 Å². The van der Waals surface area contributed by atoms with Crippen molar-refractivity contribution in [2.24, 2.45) is 28.6 Å². The summed E-state index contributed by atoms with van der Waals surface area (Å²) in [5, 5.41) is 35.0. The average Bonchev–Trinajstić information content (AvgIpc) is 3.20. The number of esters is 1. The molecule has 5 rings (SSSR count). The van der Waals surface area contributed by atoms with Crippen molar-refractivity contribution in [1.29, 1.82) is 0 Å². The van der Waals surface area contributed by atoms with Gasteiger partial charge < -0.3 is 20.1 Å². The number of allylic oxidation sites excluding steroid dienone is 3. The number of carbonyl (C=O) groups is 2. The SMILES string of the molecule is CC1=C(C)C(=O)O[C@@H]([C@](C)(O)[C@H]2CC[C@H]3[C@]4(O)CC=C5CC=CC(=O)[C@]5(C)[C@H]4CC[C@]23CO)C1. The highest BCUT2D eigenvalue weighted by molar-refractivity contribution is 5.98. The van der Waals surface area contributed by atoms with Crippen LogP contribution in [0.15, 0.2) is 34.9 Å². The van der Waals surface area contributed by atoms with Gasteiger partial charge in [-0.1, -0.05) is 23.3 Å². The molecular formula is C28H38O6. The van der Waals surface area contributed by atoms with Crippen LogP contribution in [0.25, 0.3) is 0 Å². The Morgan fingerprint density at radius 1 is 1.18 bits per heavy atom. The van der Waals surface area contributed by atoms with Crippen molar-refractivity contribution in [3.63, 3.8) is 0 Å². The summed E-state index contributed by atoms with van der Waals surface area (Å²) >= 11 is 0. The van der Waals surface area contributed by atoms with E-state index >= 15 is 0 Å². The molecule has 4 aliphatic carbocycles. The van der Waals surface area contributed by atoms with E-state index in [1.54, 1.807) is 19.9 Å². The molecule has 6 nitrogen and oxygen atoms in total. The molecule has 5 aliphatic rings. The number of hydrogen-bond acceptors (Lipinski definition) is 6. The number of cyclic esters (lactones) is 1. The maximum atomic E-state index is 13.1. The minimum absolute atomic E-state index is 0.0536. The molecule has 0 unspecified atom stereocenters. The average molecular weight is 471 g/mol. The van der Waals surface area contributed by atoms with Crippen LogP contribution in [0.2, 0.25) is 0 Å². The molecule has 186 valence electrons. The predicted octanol–water partition coefficient (Wildman–Crippen LogP) is 3.40. The lowest BCUT2D eigenvalue weighted by Crippen LogP contribution is -2.65. The smallest absolute Gasteiger partial charge is 0.334 e. The number of carbonyl (C=O) groups excluding carboxylic acids is 2. The third kappa shape index (κ3) is 2.91. The van der Waals surface area contributed by atoms with E-state index in [-0.39, 0.29) is 30.1 Å². The van der Waals surface area contributed by atoms with E-state index in [0.717, 1.165) is 17.6 Å². The van der Waals surface area contributed by atoms with E-state index in [9.17, 15) is 24.9 Å². The van der Waals surface area contributed by atoms with Crippen molar-refractivity contribution in [2.45, 2.75) is 89.9 Å². The molecular weight excluding hydrogens is 432 g/mol. The highest BCUT2D eigenvalue weighted by Crippen LogP contribution is 2.68. The van der Waals surface area contributed by atoms with Gasteiger partial charge in [-0.05, 0) is 84.1 Å². The fraction of sp³-hybridized carbons (Fsp3) is 0.714. The van der Waals surface area contributed by atoms with E-state index in [0.29, 0.717) is 44.1 Å². The molecule has 0 amide bonds. The Kier molecular flexibility index (Phi) is 5.37. The molecule has 8 atom stereocenters. The molecule has 0 radical (unpaired) electrons. The summed E-state index contributed by atoms with van der Waals surface area (Å²) < 4.78 is 5.70. The summed E-state index contributed by atoms with van der Waals surface area (Å²) in [5.41, 5.74) is -1.28. The van der Waals surface area contributed by atoms with Crippen LogP contribution in [0.5, 0.6) is 0 Å². The number of fused-ring (bicyclic) bond motifs is 5. The zero-order valence-corrected chi connectivity index (χ0v) is 20.8. The van der Waals surface area contributed by atoms with Crippen molar-refractivity contribution in [3.05, 3.63) is 34.9 Å². The molecule has 6 heteroatoms. The van der Waals surface area contributed by atoms with Crippen molar-refractivity contribution in [2.75, 3.05) is 6.61 Å². The number of hydrogen-bond donors (Lipinski definition) is 3. The van der Waals surface area contributed by atoms with E-state index < -0.39 is 34.1 Å². The maximum Gasteiger partial charge on any atom is 0.334 e. The topological polar surface area (TPSA) is 104 Å². The second kappa shape index (κ2) is 7.62. The first-order valence-corrected chi connectivity index (χ1v) is 12.8. The van der Waals surface area contributed by atoms with Crippen molar-refractivity contribution < 1.29 is 29.6 Å². The predicted molar refractivity (Wildman–Crippen MR) is 126 cm³/mol. The Bertz CT molecular complexity index is 1020. The van der Waals surface area contributed by atoms with Crippen molar-refractivity contribution in [3.8, 4) is 0 Å². The van der Waals surface area contributed by atoms with Gasteiger partial charge in [0.1, 0.15) is 11.7 Å². The van der Waals surface area contributed by atoms with Gasteiger partial charge in [-0.25, -0.2) is 4.79 Å². The molecule has 0 spiro atoms. The molecule has 34 heavy (non-hydrogen) atoms. The summed E-state index contributed by atoms with van der Waals surface area (Å²) in [6.07, 6.45) is 9.11. The van der Waals surface area contributed by atoms with Crippen LogP contribution in [0, 0.1) is 28.6 Å². The summed E-state index contributed by atoms with van der Waals surface area (Å²) in [7, 11) is 0. The zero-order valence-electron chi connectivity index (χ0n) is 20.8. The van der Waals surface area contributed by atoms with Gasteiger partial charge in [-0.15, -0.1) is 0 Å². The largest absolute Gasteiger partial charge is 0.456 e. The Hall–Kier alpha value is -1.76. The molecule has 1 aliphatic heterocycles. The molecule has 2 saturated carbocycles. The fourth-order valence-electron chi connectivity index (χ4n) is 8.63. The van der Waals surface area contributed by atoms with E-state index in [1.807, 2.05) is 19.9 Å². The monoisotopic (exact) mass is 470 g/mol. The standard InChI is InChI=1S/C28H38O6/c1-16-14-23(34-24(31)17(16)2)26(4,32)20-8-9-21-27(20,15-29)12-11-19-25(3)18(6-5-7-22(25)30)10-13-28(19,21)33/h5,7,10,19-21,23,29,32-33H,6,8-9,11-15H2,1-4H3/t19-,20-,21-,23-,25+,26-,27+,28+/m1/s1. The first-order valence-electron chi connectivity index (χ1n) is 12.8. The molecule has 0 aromatic carbocycles. The third-order valence-corrected chi connectivity index (χ3v) is 10.7. The molecule has 0 aromatic heterocycles. The summed E-state index contributed by atoms with van der Waals surface area (Å²) in [6.45, 7) is 7.20. The minimum atomic E-state index is -1.35. The molecule has 2 fully saturated rings. The molecule has 0 saturated heterocycles. The number of ketones is 1. The van der Waals surface area contributed by atoms with Crippen LogP contribution >= 0.6 is 0 Å². The van der Waals surface area contributed by atoms with Crippen LogP contribution in [0.1, 0.15) is 72.6 Å². The van der Waals surface area contributed by atoms with Crippen LogP contribution in [0.3, 0.4) is 0 Å². The van der Waals surface area contributed by atoms with Gasteiger partial charge in [0.15, 0.2) is 5.78 Å². The lowest BCUT2D eigenvalue weighted by molar-refractivity contribution is -0.217. The normalized spacial score (nSPS) is 45.7. The summed E-state index contributed by atoms with van der Waals surface area (Å²) in [5.74, 6) is -1.13. The Labute approximate surface area is 201 Å². The van der Waals surface area contributed by atoms with Crippen LogP contribution < -0.4 is 0 Å². The van der Waals surface area contributed by atoms with Gasteiger partial charge in [-0.2, -0.15) is 0 Å². The second-order valence-corrected chi connectivity index (χ2v) is 12.0. The Morgan fingerprint density at radius 3 is 2.59 bits per heavy atom. The van der Waals surface area contributed by atoms with Gasteiger partial charge in [0.05, 0.1) is 11.0 Å². The molecule has 3 N–H and O–H groups in total. The van der Waals surface area contributed by atoms with Gasteiger partial charge in [0.2, 0.25) is 0 Å². The van der Waals surface area contributed by atoms with E-state index in [2.05, 4.69) is 6.08 Å². The van der Waals surface area contributed by atoms with Crippen LogP contribution in [-0.4, -0.2) is 51.0 Å². The quantitative estimate of drug-likeness (QED) is 0.431. The van der Waals surface area contributed by atoms with E-state index in [4.69, 9.17) is 4.74 Å². The van der Waals surface area contributed by atoms with E-state index in [1.165, 1.54) is 0 Å². The van der Waals surface area contributed by atoms with Crippen LogP contribution in [-0.2, 0) is 14.3 Å². The molecule has 1 heterocycles. The van der Waals surface area contributed by atoms with Crippen LogP contribution in [0.4, 0.5) is 0 Å². The van der Waals surface area contributed by atoms with Crippen molar-refractivity contribution >= 4 is 11.8 Å². The Balaban J connectivity index is 1.51. The number of ether oxygens (including phenoxy) is 1. The number of aliphatic hydroxyl groups is 3. The second-order valence-electron chi connectivity index (χ2n) is 12.0. The number of rotatable bonds is 3. The zero-order chi connectivity index (χ0) is 24.7. The van der Waals surface area contributed by atoms with Gasteiger partial charge in [0.25, 0.3) is 0 Å².